The summed E-state index contributed by atoms with van der Waals surface area (Å²) in [7, 11) is 0. The molecule has 4 aromatic rings. The van der Waals surface area contributed by atoms with Crippen LogP contribution in [0, 0.1) is 39.7 Å². The van der Waals surface area contributed by atoms with Gasteiger partial charge in [0.05, 0.1) is 28.1 Å². The number of hydrogen-bond acceptors (Lipinski definition) is 8. The Bertz CT molecular complexity index is 1510. The molecule has 0 bridgehead atoms. The number of nitriles is 2. The van der Waals surface area contributed by atoms with Gasteiger partial charge < -0.3 is 10.6 Å². The van der Waals surface area contributed by atoms with E-state index in [1.54, 1.807) is 37.3 Å². The predicted molar refractivity (Wildman–Crippen MR) is 130 cm³/mol. The molecule has 0 atom stereocenters. The fourth-order valence-corrected chi connectivity index (χ4v) is 3.44. The Balaban J connectivity index is 1.78. The molecule has 2 N–H and O–H groups in total. The van der Waals surface area contributed by atoms with E-state index in [4.69, 9.17) is 10.5 Å². The highest BCUT2D eigenvalue weighted by molar-refractivity contribution is 5.93. The maximum Gasteiger partial charge on any atom is 0.293 e. The van der Waals surface area contributed by atoms with E-state index in [2.05, 4.69) is 26.7 Å². The quantitative estimate of drug-likeness (QED) is 0.216. The molecule has 0 spiro atoms. The van der Waals surface area contributed by atoms with E-state index in [0.717, 1.165) is 0 Å². The summed E-state index contributed by atoms with van der Waals surface area (Å²) < 4.78 is 0. The number of nitrogens with one attached hydrogen (secondary N) is 2. The smallest absolute Gasteiger partial charge is 0.293 e. The van der Waals surface area contributed by atoms with E-state index < -0.39 is 4.92 Å². The summed E-state index contributed by atoms with van der Waals surface area (Å²) in [4.78, 5) is 20.5. The number of aryl methyl sites for hydroxylation is 1. The summed E-state index contributed by atoms with van der Waals surface area (Å²) in [5, 5.41) is 36.5. The van der Waals surface area contributed by atoms with E-state index in [-0.39, 0.29) is 5.69 Å². The molecule has 3 aromatic carbocycles. The number of allylic oxidation sites excluding steroid dienone is 1. The van der Waals surface area contributed by atoms with Gasteiger partial charge in [0.25, 0.3) is 5.69 Å². The SMILES string of the molecule is Cc1cc(/C=C/C#N)cc([N+](=O)[O-])c1Nc1nc(Nc2ccc(C#N)cc2)nc2ccccc12. The van der Waals surface area contributed by atoms with Gasteiger partial charge in [-0.3, -0.25) is 10.1 Å². The molecule has 0 saturated heterocycles. The molecule has 0 radical (unpaired) electrons. The first-order valence-electron chi connectivity index (χ1n) is 10.1. The summed E-state index contributed by atoms with van der Waals surface area (Å²) in [5.74, 6) is 0.688. The van der Waals surface area contributed by atoms with Crippen molar-refractivity contribution in [3.8, 4) is 12.1 Å². The second kappa shape index (κ2) is 9.47. The molecule has 0 fully saturated rings. The minimum atomic E-state index is -0.474. The Morgan fingerprint density at radius 3 is 2.50 bits per heavy atom. The van der Waals surface area contributed by atoms with Gasteiger partial charge in [0, 0.05) is 23.2 Å². The topological polar surface area (TPSA) is 141 Å². The normalized spacial score (nSPS) is 10.6. The van der Waals surface area contributed by atoms with Gasteiger partial charge in [-0.2, -0.15) is 15.5 Å². The second-order valence-corrected chi connectivity index (χ2v) is 7.30. The number of nitro benzene ring substituents is 1. The Morgan fingerprint density at radius 1 is 1.03 bits per heavy atom. The summed E-state index contributed by atoms with van der Waals surface area (Å²) in [6, 6.07) is 21.3. The number of nitrogens with zero attached hydrogens (tertiary/aromatic N) is 5. The Hall–Kier alpha value is -5.28. The number of rotatable bonds is 6. The third-order valence-electron chi connectivity index (χ3n) is 5.00. The summed E-state index contributed by atoms with van der Waals surface area (Å²) >= 11 is 0. The Kier molecular flexibility index (Phi) is 6.11. The van der Waals surface area contributed by atoms with Crippen LogP contribution in [0.5, 0.6) is 0 Å². The van der Waals surface area contributed by atoms with Crippen LogP contribution in [0.25, 0.3) is 17.0 Å². The Labute approximate surface area is 194 Å². The lowest BCUT2D eigenvalue weighted by Crippen LogP contribution is -2.05. The van der Waals surface area contributed by atoms with E-state index in [1.807, 2.05) is 30.3 Å². The molecule has 9 nitrogen and oxygen atoms in total. The highest BCUT2D eigenvalue weighted by Crippen LogP contribution is 2.35. The predicted octanol–water partition coefficient (Wildman–Crippen LogP) is 5.74. The zero-order valence-electron chi connectivity index (χ0n) is 18.0. The van der Waals surface area contributed by atoms with Gasteiger partial charge in [0.2, 0.25) is 5.95 Å². The highest BCUT2D eigenvalue weighted by atomic mass is 16.6. The first-order chi connectivity index (χ1) is 16.5. The monoisotopic (exact) mass is 447 g/mol. The van der Waals surface area contributed by atoms with Crippen LogP contribution in [0.3, 0.4) is 0 Å². The molecule has 1 heterocycles. The largest absolute Gasteiger partial charge is 0.334 e. The molecule has 0 amide bonds. The van der Waals surface area contributed by atoms with Crippen LogP contribution in [-0.4, -0.2) is 14.9 Å². The summed E-state index contributed by atoms with van der Waals surface area (Å²) in [6.45, 7) is 1.75. The standard InChI is InChI=1S/C25H17N7O2/c1-16-13-18(5-4-12-26)14-22(32(33)34)23(16)30-24-20-6-2-3-7-21(20)29-25(31-24)28-19-10-8-17(15-27)9-11-19/h2-11,13-14H,1H3,(H2,28,29,30,31)/b5-4+. The van der Waals surface area contributed by atoms with Gasteiger partial charge in [0.1, 0.15) is 11.5 Å². The van der Waals surface area contributed by atoms with Crippen molar-refractivity contribution in [1.82, 2.24) is 9.97 Å². The number of anilines is 4. The average molecular weight is 447 g/mol. The molecule has 9 heteroatoms. The molecule has 4 rings (SSSR count). The first-order valence-corrected chi connectivity index (χ1v) is 10.1. The fourth-order valence-electron chi connectivity index (χ4n) is 3.44. The maximum absolute atomic E-state index is 11.8. The van der Waals surface area contributed by atoms with Crippen molar-refractivity contribution in [3.63, 3.8) is 0 Å². The number of nitro groups is 1. The molecular formula is C25H17N7O2. The van der Waals surface area contributed by atoms with Crippen molar-refractivity contribution in [2.24, 2.45) is 0 Å². The van der Waals surface area contributed by atoms with Crippen molar-refractivity contribution < 1.29 is 4.92 Å². The van der Waals surface area contributed by atoms with Crippen molar-refractivity contribution >= 4 is 45.8 Å². The van der Waals surface area contributed by atoms with Crippen molar-refractivity contribution in [2.45, 2.75) is 6.92 Å². The van der Waals surface area contributed by atoms with E-state index >= 15 is 0 Å². The van der Waals surface area contributed by atoms with Crippen LogP contribution in [0.1, 0.15) is 16.7 Å². The zero-order chi connectivity index (χ0) is 24.1. The number of benzene rings is 3. The van der Waals surface area contributed by atoms with Gasteiger partial charge in [0.15, 0.2) is 0 Å². The van der Waals surface area contributed by atoms with Crippen LogP contribution >= 0.6 is 0 Å². The van der Waals surface area contributed by atoms with Crippen molar-refractivity contribution in [3.05, 3.63) is 93.5 Å². The third kappa shape index (κ3) is 4.64. The lowest BCUT2D eigenvalue weighted by molar-refractivity contribution is -0.384. The average Bonchev–Trinajstić information content (AvgIpc) is 2.84. The molecule has 0 aliphatic carbocycles. The molecule has 0 unspecified atom stereocenters. The van der Waals surface area contributed by atoms with E-state index in [1.165, 1.54) is 18.2 Å². The van der Waals surface area contributed by atoms with Gasteiger partial charge in [-0.05, 0) is 66.6 Å². The maximum atomic E-state index is 11.8. The molecule has 34 heavy (non-hydrogen) atoms. The minimum absolute atomic E-state index is 0.137. The van der Waals surface area contributed by atoms with Gasteiger partial charge in [-0.15, -0.1) is 0 Å². The lowest BCUT2D eigenvalue weighted by atomic mass is 10.1. The third-order valence-corrected chi connectivity index (χ3v) is 5.00. The molecule has 1 aromatic heterocycles. The van der Waals surface area contributed by atoms with Gasteiger partial charge in [-0.1, -0.05) is 12.1 Å². The van der Waals surface area contributed by atoms with E-state index in [0.29, 0.717) is 50.7 Å². The number of para-hydroxylation sites is 1. The fraction of sp³-hybridized carbons (Fsp3) is 0.0400. The van der Waals surface area contributed by atoms with Crippen LogP contribution in [0.2, 0.25) is 0 Å². The van der Waals surface area contributed by atoms with Crippen LogP contribution in [-0.2, 0) is 0 Å². The molecule has 0 aliphatic rings. The number of fused-ring (bicyclic) bond motifs is 1. The van der Waals surface area contributed by atoms with Crippen molar-refractivity contribution in [2.75, 3.05) is 10.6 Å². The van der Waals surface area contributed by atoms with Gasteiger partial charge in [-0.25, -0.2) is 4.98 Å². The molecular weight excluding hydrogens is 430 g/mol. The summed E-state index contributed by atoms with van der Waals surface area (Å²) in [6.07, 6.45) is 2.79. The minimum Gasteiger partial charge on any atom is -0.334 e. The van der Waals surface area contributed by atoms with Gasteiger partial charge >= 0.3 is 0 Å². The second-order valence-electron chi connectivity index (χ2n) is 7.30. The van der Waals surface area contributed by atoms with Crippen LogP contribution in [0.4, 0.5) is 28.8 Å². The van der Waals surface area contributed by atoms with Crippen LogP contribution < -0.4 is 10.6 Å². The molecule has 164 valence electrons. The number of hydrogen-bond donors (Lipinski definition) is 2. The molecule has 0 aliphatic heterocycles. The Morgan fingerprint density at radius 2 is 1.79 bits per heavy atom. The number of aromatic nitrogens is 2. The van der Waals surface area contributed by atoms with E-state index in [9.17, 15) is 10.1 Å². The summed E-state index contributed by atoms with van der Waals surface area (Å²) in [5.41, 5.74) is 3.20. The lowest BCUT2D eigenvalue weighted by Gasteiger charge is -2.14. The van der Waals surface area contributed by atoms with Crippen LogP contribution in [0.15, 0.2) is 66.7 Å². The first kappa shape index (κ1) is 21.9. The zero-order valence-corrected chi connectivity index (χ0v) is 18.0. The highest BCUT2D eigenvalue weighted by Gasteiger charge is 2.19. The van der Waals surface area contributed by atoms with Crippen molar-refractivity contribution in [1.29, 1.82) is 10.5 Å². The molecule has 0 saturated carbocycles.